The van der Waals surface area contributed by atoms with E-state index in [2.05, 4.69) is 19.9 Å². The molecule has 16 atom stereocenters. The van der Waals surface area contributed by atoms with E-state index in [9.17, 15) is 60.0 Å². The van der Waals surface area contributed by atoms with Crippen LogP contribution in [-0.4, -0.2) is 199 Å². The number of aliphatic hydroxyl groups is 12. The molecule has 352 valence electrons. The van der Waals surface area contributed by atoms with Gasteiger partial charge in [-0.2, -0.15) is 0 Å². The largest absolute Gasteiger partial charge is 0.394 e. The Balaban J connectivity index is 0.000000161. The summed E-state index contributed by atoms with van der Waals surface area (Å²) in [6.07, 6.45) is -6.73. The summed E-state index contributed by atoms with van der Waals surface area (Å²) in [6, 6.07) is 6.04. The summed E-state index contributed by atoms with van der Waals surface area (Å²) in [7, 11) is 0. The van der Waals surface area contributed by atoms with Crippen LogP contribution in [0.5, 0.6) is 0 Å². The zero-order chi connectivity index (χ0) is 46.8. The third-order valence-electron chi connectivity index (χ3n) is 10.1. The summed E-state index contributed by atoms with van der Waals surface area (Å²) < 4.78 is 25.0. The lowest BCUT2D eigenvalue weighted by Gasteiger charge is -2.16. The lowest BCUT2D eigenvalue weighted by atomic mass is 10.1. The molecule has 8 rings (SSSR count). The first-order chi connectivity index (χ1) is 30.6. The molecule has 0 aliphatic carbocycles. The number of nitrogens with zero attached hydrogens (tertiary/aromatic N) is 8. The number of ether oxygens (including phenoxy) is 4. The van der Waals surface area contributed by atoms with Gasteiger partial charge in [-0.15, -0.1) is 0 Å². The average molecular weight is 913 g/mol. The quantitative estimate of drug-likeness (QED) is 0.0781. The van der Waals surface area contributed by atoms with E-state index < -0.39 is 147 Å². The monoisotopic (exact) mass is 912 g/mol. The molecule has 0 unspecified atom stereocenters. The zero-order valence-corrected chi connectivity index (χ0v) is 33.2. The number of hydrogen-bond acceptors (Lipinski definition) is 24. The number of aliphatic hydroxyl groups excluding tert-OH is 12. The first kappa shape index (κ1) is 49.9. The molecule has 0 radical (unpaired) electrons. The van der Waals surface area contributed by atoms with Gasteiger partial charge in [0.1, 0.15) is 73.2 Å². The lowest BCUT2D eigenvalue weighted by Crippen LogP contribution is -2.35. The Hall–Kier alpha value is -5.12. The van der Waals surface area contributed by atoms with E-state index in [4.69, 9.17) is 39.4 Å². The van der Waals surface area contributed by atoms with E-state index in [0.717, 1.165) is 18.3 Å². The van der Waals surface area contributed by atoms with Gasteiger partial charge in [-0.1, -0.05) is 0 Å². The van der Waals surface area contributed by atoms with E-state index >= 15 is 0 Å². The van der Waals surface area contributed by atoms with Gasteiger partial charge in [0.25, 0.3) is 0 Å². The van der Waals surface area contributed by atoms with E-state index in [1.165, 1.54) is 73.8 Å². The summed E-state index contributed by atoms with van der Waals surface area (Å²) in [5, 5.41) is 112. The SMILES string of the molecule is O=c1ncccn1[C@@H]1O[C@H](CO)[C@@H](O)[C@H]1O.O=c1ncccn1[C@@H]1O[C@H](CO)[C@@H](O)[C@H]1O.O=c1ncccn1[C@@H]1O[C@H](CO)[C@@H](O)[C@H]1O.O=c1ncccn1[C@@H]1O[C@H](CO)[C@@H](O)[C@H]1O. The number of hydrogen-bond donors (Lipinski definition) is 12. The van der Waals surface area contributed by atoms with Gasteiger partial charge in [-0.25, -0.2) is 39.1 Å². The number of rotatable bonds is 8. The van der Waals surface area contributed by atoms with Gasteiger partial charge in [-0.3, -0.25) is 18.3 Å². The van der Waals surface area contributed by atoms with E-state index in [1.807, 2.05) is 0 Å². The van der Waals surface area contributed by atoms with E-state index in [0.29, 0.717) is 0 Å². The molecule has 4 aromatic heterocycles. The van der Waals surface area contributed by atoms with Gasteiger partial charge in [0.05, 0.1) is 26.4 Å². The van der Waals surface area contributed by atoms with Crippen molar-refractivity contribution in [1.29, 1.82) is 0 Å². The van der Waals surface area contributed by atoms with Crippen LogP contribution in [0.3, 0.4) is 0 Å². The highest BCUT2D eigenvalue weighted by atomic mass is 16.6. The van der Waals surface area contributed by atoms with Gasteiger partial charge < -0.3 is 80.2 Å². The highest BCUT2D eigenvalue weighted by molar-refractivity contribution is 4.96. The Morgan fingerprint density at radius 2 is 0.547 bits per heavy atom. The van der Waals surface area contributed by atoms with Crippen LogP contribution in [0.2, 0.25) is 0 Å². The Bertz CT molecular complexity index is 2000. The topological polar surface area (TPSA) is 419 Å². The van der Waals surface area contributed by atoms with Gasteiger partial charge in [0, 0.05) is 49.6 Å². The van der Waals surface area contributed by atoms with Crippen molar-refractivity contribution >= 4 is 0 Å². The molecule has 8 heterocycles. The summed E-state index contributed by atoms with van der Waals surface area (Å²) in [5.41, 5.74) is -2.34. The molecule has 64 heavy (non-hydrogen) atoms. The first-order valence-electron chi connectivity index (χ1n) is 19.2. The van der Waals surface area contributed by atoms with Crippen molar-refractivity contribution in [2.45, 2.75) is 98.2 Å². The second kappa shape index (κ2) is 22.7. The summed E-state index contributed by atoms with van der Waals surface area (Å²) in [5.74, 6) is 0. The maximum Gasteiger partial charge on any atom is 0.349 e. The van der Waals surface area contributed by atoms with Crippen LogP contribution < -0.4 is 22.8 Å². The Morgan fingerprint density at radius 3 is 0.688 bits per heavy atom. The molecule has 4 aromatic rings. The average Bonchev–Trinajstić information content (AvgIpc) is 3.97. The molecule has 28 nitrogen and oxygen atoms in total. The fourth-order valence-electron chi connectivity index (χ4n) is 6.69. The first-order valence-corrected chi connectivity index (χ1v) is 19.2. The minimum atomic E-state index is -1.26. The molecule has 0 aromatic carbocycles. The van der Waals surface area contributed by atoms with Crippen LogP contribution in [-0.2, 0) is 18.9 Å². The molecule has 0 spiro atoms. The highest BCUT2D eigenvalue weighted by Gasteiger charge is 2.46. The van der Waals surface area contributed by atoms with Crippen molar-refractivity contribution in [3.05, 3.63) is 116 Å². The molecule has 28 heteroatoms. The number of aromatic nitrogens is 8. The maximum absolute atomic E-state index is 11.4. The van der Waals surface area contributed by atoms with Crippen molar-refractivity contribution < 1.29 is 80.2 Å². The predicted octanol–water partition coefficient (Wildman–Crippen LogP) is -8.58. The van der Waals surface area contributed by atoms with Crippen LogP contribution in [0.15, 0.2) is 93.0 Å². The summed E-state index contributed by atoms with van der Waals surface area (Å²) in [4.78, 5) is 59.5. The second-order valence-electron chi connectivity index (χ2n) is 14.2. The molecule has 0 bridgehead atoms. The Labute approximate surface area is 358 Å². The van der Waals surface area contributed by atoms with Crippen LogP contribution in [0, 0.1) is 0 Å². The second-order valence-corrected chi connectivity index (χ2v) is 14.2. The van der Waals surface area contributed by atoms with Crippen LogP contribution in [0.25, 0.3) is 0 Å². The smallest absolute Gasteiger partial charge is 0.349 e. The summed E-state index contributed by atoms with van der Waals surface area (Å²) in [6.45, 7) is -1.71. The molecule has 12 N–H and O–H groups in total. The van der Waals surface area contributed by atoms with Crippen molar-refractivity contribution in [1.82, 2.24) is 38.2 Å². The molecular weight excluding hydrogens is 864 g/mol. The fourth-order valence-corrected chi connectivity index (χ4v) is 6.69. The van der Waals surface area contributed by atoms with Gasteiger partial charge in [0.2, 0.25) is 0 Å². The van der Waals surface area contributed by atoms with Crippen molar-refractivity contribution in [2.24, 2.45) is 0 Å². The molecule has 4 aliphatic rings. The molecule has 0 amide bonds. The third-order valence-corrected chi connectivity index (χ3v) is 10.1. The third kappa shape index (κ3) is 11.0. The van der Waals surface area contributed by atoms with Crippen LogP contribution in [0.4, 0.5) is 0 Å². The molecule has 4 saturated heterocycles. The molecule has 4 fully saturated rings. The summed E-state index contributed by atoms with van der Waals surface area (Å²) >= 11 is 0. The van der Waals surface area contributed by atoms with E-state index in [-0.39, 0.29) is 0 Å². The molecule has 0 saturated carbocycles. The molecular formula is C36H48N8O20. The maximum atomic E-state index is 11.4. The highest BCUT2D eigenvalue weighted by Crippen LogP contribution is 2.30. The Kier molecular flexibility index (Phi) is 17.7. The van der Waals surface area contributed by atoms with Crippen molar-refractivity contribution in [2.75, 3.05) is 26.4 Å². The van der Waals surface area contributed by atoms with E-state index in [1.54, 1.807) is 0 Å². The van der Waals surface area contributed by atoms with Gasteiger partial charge >= 0.3 is 22.8 Å². The standard InChI is InChI=1S/4C9H12N2O5/c4*12-4-5-6(13)7(14)8(16-5)11-3-1-2-10-9(11)15/h4*1-3,5-8,12-14H,4H2/t4*5-,6-,7-,8-/m1111/s1. The predicted molar refractivity (Wildman–Crippen MR) is 206 cm³/mol. The van der Waals surface area contributed by atoms with Gasteiger partial charge in [0.15, 0.2) is 24.9 Å². The minimum Gasteiger partial charge on any atom is -0.394 e. The fraction of sp³-hybridized carbons (Fsp3) is 0.556. The normalized spacial score (nSPS) is 34.2. The van der Waals surface area contributed by atoms with Crippen LogP contribution in [0.1, 0.15) is 24.9 Å². The molecule has 4 aliphatic heterocycles. The lowest BCUT2D eigenvalue weighted by molar-refractivity contribution is -0.0549. The van der Waals surface area contributed by atoms with Crippen LogP contribution >= 0.6 is 0 Å². The van der Waals surface area contributed by atoms with Crippen molar-refractivity contribution in [3.8, 4) is 0 Å². The Morgan fingerprint density at radius 1 is 0.359 bits per heavy atom. The van der Waals surface area contributed by atoms with Gasteiger partial charge in [-0.05, 0) is 24.3 Å². The van der Waals surface area contributed by atoms with Crippen molar-refractivity contribution in [3.63, 3.8) is 0 Å². The minimum absolute atomic E-state index is 0.427. The zero-order valence-electron chi connectivity index (χ0n) is 33.2.